The first-order valence-corrected chi connectivity index (χ1v) is 17.6. The van der Waals surface area contributed by atoms with Gasteiger partial charge in [-0.05, 0) is 62.6 Å². The second-order valence-corrected chi connectivity index (χ2v) is 12.1. The Labute approximate surface area is 308 Å². The van der Waals surface area contributed by atoms with Crippen LogP contribution in [0.5, 0.6) is 5.75 Å². The van der Waals surface area contributed by atoms with Crippen molar-refractivity contribution in [2.24, 2.45) is 0 Å². The van der Waals surface area contributed by atoms with E-state index in [0.717, 1.165) is 56.3 Å². The van der Waals surface area contributed by atoms with Gasteiger partial charge in [-0.15, -0.1) is 0 Å². The molecule has 18 nitrogen and oxygen atoms in total. The molecule has 52 heavy (non-hydrogen) atoms. The van der Waals surface area contributed by atoms with Crippen molar-refractivity contribution in [1.82, 2.24) is 36.6 Å². The highest BCUT2D eigenvalue weighted by Gasteiger charge is 2.24. The van der Waals surface area contributed by atoms with Crippen molar-refractivity contribution in [3.05, 3.63) is 40.7 Å². The van der Waals surface area contributed by atoms with Gasteiger partial charge in [-0.1, -0.05) is 23.7 Å². The number of carbonyl (C=O) groups excluding carboxylic acids is 3. The summed E-state index contributed by atoms with van der Waals surface area (Å²) in [6, 6.07) is 7.62. The number of alkyl carbamates (subject to hydrolysis) is 1. The number of aryl methyl sites for hydroxylation is 1. The third-order valence-corrected chi connectivity index (χ3v) is 8.06. The number of unbranched alkanes of at least 4 members (excludes halogenated alkanes) is 1. The number of hydrogen-bond donors (Lipinski definition) is 8. The Morgan fingerprint density at radius 3 is 2.23 bits per heavy atom. The summed E-state index contributed by atoms with van der Waals surface area (Å²) in [6.07, 6.45) is 5.04. The van der Waals surface area contributed by atoms with Crippen LogP contribution in [0.4, 0.5) is 21.2 Å². The molecule has 0 radical (unpaired) electrons. The normalized spacial score (nSPS) is 15.3. The molecule has 1 aromatic heterocycles. The minimum atomic E-state index is -0.713. The molecule has 10 N–H and O–H groups in total. The third-order valence-electron chi connectivity index (χ3n) is 7.78. The fourth-order valence-corrected chi connectivity index (χ4v) is 5.19. The van der Waals surface area contributed by atoms with Crippen molar-refractivity contribution in [3.8, 4) is 5.75 Å². The van der Waals surface area contributed by atoms with Gasteiger partial charge in [0, 0.05) is 32.3 Å². The van der Waals surface area contributed by atoms with Gasteiger partial charge in [-0.3, -0.25) is 15.5 Å². The monoisotopic (exact) mass is 750 g/mol. The third kappa shape index (κ3) is 16.6. The number of nitrogen functional groups attached to an aromatic ring is 2. The summed E-state index contributed by atoms with van der Waals surface area (Å²) in [4.78, 5) is 44.1. The van der Waals surface area contributed by atoms with Crippen LogP contribution in [0.2, 0.25) is 5.15 Å². The van der Waals surface area contributed by atoms with Gasteiger partial charge in [0.05, 0.1) is 33.0 Å². The molecule has 0 aliphatic heterocycles. The van der Waals surface area contributed by atoms with E-state index in [1.54, 1.807) is 7.11 Å². The molecule has 1 heterocycles. The van der Waals surface area contributed by atoms with Gasteiger partial charge in [0.1, 0.15) is 19.0 Å². The summed E-state index contributed by atoms with van der Waals surface area (Å²) in [5.74, 6) is -0.431. The van der Waals surface area contributed by atoms with E-state index in [1.165, 1.54) is 0 Å². The molecule has 0 unspecified atom stereocenters. The number of rotatable bonds is 21. The number of anilines is 2. The highest BCUT2D eigenvalue weighted by Crippen LogP contribution is 2.19. The van der Waals surface area contributed by atoms with Crippen LogP contribution < -0.4 is 42.8 Å². The largest absolute Gasteiger partial charge is 0.491 e. The lowest BCUT2D eigenvalue weighted by molar-refractivity contribution is 0.0412. The molecule has 0 atom stereocenters. The van der Waals surface area contributed by atoms with E-state index in [2.05, 4.69) is 36.6 Å². The summed E-state index contributed by atoms with van der Waals surface area (Å²) in [5, 5.41) is 21.6. The van der Waals surface area contributed by atoms with E-state index < -0.39 is 12.0 Å². The SMILES string of the molecule is COCCOCCOC(=O)NC1CCC(NC(=O)NCCOCCOc2ccc(CCCCNC(=N)NC(=O)c3nc(Cl)c(N)nc3N)cc2)CC1. The molecule has 2 aromatic rings. The number of nitrogens with two attached hydrogens (primary N) is 2. The van der Waals surface area contributed by atoms with Gasteiger partial charge in [0.25, 0.3) is 5.91 Å². The van der Waals surface area contributed by atoms with Crippen LogP contribution in [0.15, 0.2) is 24.3 Å². The standard InChI is InChI=1S/C33H51ClN10O8/c1-48-16-17-50-19-21-52-33(47)41-24-9-7-23(8-10-24)40-32(46)39-14-15-49-18-20-51-25-11-5-22(6-12-25)4-2-3-13-38-31(37)44-30(45)26-28(35)43-29(36)27(34)42-26/h5-6,11-12,23-24H,2-4,7-10,13-21H2,1H3,(H,41,47)(H4,35,36,43)(H2,39,40,46)(H3,37,38,44,45). The predicted octanol–water partition coefficient (Wildman–Crippen LogP) is 1.97. The summed E-state index contributed by atoms with van der Waals surface area (Å²) < 4.78 is 26.6. The molecule has 1 aromatic carbocycles. The van der Waals surface area contributed by atoms with Gasteiger partial charge < -0.3 is 56.4 Å². The number of aromatic nitrogens is 2. The van der Waals surface area contributed by atoms with Crippen LogP contribution in [0.1, 0.15) is 54.6 Å². The lowest BCUT2D eigenvalue weighted by Gasteiger charge is -2.29. The fourth-order valence-electron chi connectivity index (χ4n) is 5.07. The number of hydrogen-bond acceptors (Lipinski definition) is 13. The molecule has 1 fully saturated rings. The second kappa shape index (κ2) is 23.8. The van der Waals surface area contributed by atoms with Crippen molar-refractivity contribution in [3.63, 3.8) is 0 Å². The molecule has 0 saturated heterocycles. The predicted molar refractivity (Wildman–Crippen MR) is 195 cm³/mol. The molecule has 19 heteroatoms. The Kier molecular flexibility index (Phi) is 19.1. The van der Waals surface area contributed by atoms with Crippen LogP contribution >= 0.6 is 11.6 Å². The van der Waals surface area contributed by atoms with Crippen molar-refractivity contribution < 1.29 is 38.1 Å². The maximum absolute atomic E-state index is 12.3. The number of halogens is 1. The van der Waals surface area contributed by atoms with Gasteiger partial charge in [-0.2, -0.15) is 0 Å². The van der Waals surface area contributed by atoms with Crippen LogP contribution in [-0.2, 0) is 25.4 Å². The van der Waals surface area contributed by atoms with E-state index >= 15 is 0 Å². The van der Waals surface area contributed by atoms with Gasteiger partial charge in [-0.25, -0.2) is 19.6 Å². The number of nitrogens with one attached hydrogen (secondary N) is 6. The number of carbonyl (C=O) groups is 3. The Morgan fingerprint density at radius 2 is 1.50 bits per heavy atom. The van der Waals surface area contributed by atoms with E-state index in [0.29, 0.717) is 52.7 Å². The highest BCUT2D eigenvalue weighted by molar-refractivity contribution is 6.31. The van der Waals surface area contributed by atoms with Crippen molar-refractivity contribution in [2.45, 2.75) is 57.0 Å². The Morgan fingerprint density at radius 1 is 0.827 bits per heavy atom. The van der Waals surface area contributed by atoms with Crippen molar-refractivity contribution in [1.29, 1.82) is 5.41 Å². The summed E-state index contributed by atoms with van der Waals surface area (Å²) >= 11 is 5.80. The minimum absolute atomic E-state index is 0.0183. The first-order chi connectivity index (χ1) is 25.1. The second-order valence-electron chi connectivity index (χ2n) is 11.8. The first-order valence-electron chi connectivity index (χ1n) is 17.2. The Balaban J connectivity index is 1.14. The minimum Gasteiger partial charge on any atom is -0.491 e. The van der Waals surface area contributed by atoms with Crippen molar-refractivity contribution in [2.75, 3.05) is 77.9 Å². The van der Waals surface area contributed by atoms with Gasteiger partial charge in [0.2, 0.25) is 0 Å². The van der Waals surface area contributed by atoms with Gasteiger partial charge in [0.15, 0.2) is 28.4 Å². The van der Waals surface area contributed by atoms with Crippen LogP contribution in [0.25, 0.3) is 0 Å². The summed E-state index contributed by atoms with van der Waals surface area (Å²) in [7, 11) is 1.59. The molecular formula is C33H51ClN10O8. The van der Waals surface area contributed by atoms with Crippen LogP contribution in [-0.4, -0.2) is 112 Å². The highest BCUT2D eigenvalue weighted by atomic mass is 35.5. The zero-order valence-electron chi connectivity index (χ0n) is 29.5. The first kappa shape index (κ1) is 41.8. The molecular weight excluding hydrogens is 700 g/mol. The number of ether oxygens (including phenoxy) is 5. The number of urea groups is 1. The molecule has 0 bridgehead atoms. The topological polar surface area (TPSA) is 259 Å². The zero-order valence-corrected chi connectivity index (χ0v) is 30.2. The number of methoxy groups -OCH3 is 1. The zero-order chi connectivity index (χ0) is 37.6. The number of benzene rings is 1. The van der Waals surface area contributed by atoms with E-state index in [-0.39, 0.29) is 53.2 Å². The maximum atomic E-state index is 12.3. The molecule has 1 aliphatic carbocycles. The number of nitrogens with zero attached hydrogens (tertiary/aromatic N) is 2. The average Bonchev–Trinajstić information content (AvgIpc) is 3.12. The lowest BCUT2D eigenvalue weighted by Crippen LogP contribution is -2.47. The Bertz CT molecular complexity index is 1410. The van der Waals surface area contributed by atoms with E-state index in [4.69, 9.17) is 52.2 Å². The molecule has 1 aliphatic rings. The average molecular weight is 751 g/mol. The van der Waals surface area contributed by atoms with Crippen LogP contribution in [0.3, 0.4) is 0 Å². The smallest absolute Gasteiger partial charge is 0.407 e. The quantitative estimate of drug-likeness (QED) is 0.0516. The van der Waals surface area contributed by atoms with Crippen molar-refractivity contribution >= 4 is 47.2 Å². The molecule has 1 saturated carbocycles. The molecule has 3 rings (SSSR count). The molecule has 0 spiro atoms. The van der Waals surface area contributed by atoms with Crippen LogP contribution in [0, 0.1) is 5.41 Å². The fraction of sp³-hybridized carbons (Fsp3) is 0.576. The summed E-state index contributed by atoms with van der Waals surface area (Å²) in [5.41, 5.74) is 12.1. The lowest BCUT2D eigenvalue weighted by atomic mass is 9.91. The Hall–Kier alpha value is -4.65. The molecule has 4 amide bonds. The summed E-state index contributed by atoms with van der Waals surface area (Å²) in [6.45, 7) is 3.41. The number of amides is 4. The number of guanidine groups is 1. The van der Waals surface area contributed by atoms with Gasteiger partial charge >= 0.3 is 12.1 Å². The molecule has 288 valence electrons. The van der Waals surface area contributed by atoms with E-state index in [1.807, 2.05) is 24.3 Å². The maximum Gasteiger partial charge on any atom is 0.407 e. The van der Waals surface area contributed by atoms with E-state index in [9.17, 15) is 14.4 Å².